The molecule has 10 nitrogen and oxygen atoms in total. The maximum atomic E-state index is 12.6. The highest BCUT2D eigenvalue weighted by atomic mass is 31.2. The van der Waals surface area contributed by atoms with Gasteiger partial charge in [-0.2, -0.15) is 0 Å². The van der Waals surface area contributed by atoms with E-state index in [1.165, 1.54) is 148 Å². The minimum absolute atomic E-state index is 0.192. The molecule has 53 heavy (non-hydrogen) atoms. The number of phosphoric acid groups is 1. The number of aliphatic hydroxyl groups excluding tert-OH is 2. The highest BCUT2D eigenvalue weighted by Gasteiger charge is 2.27. The van der Waals surface area contributed by atoms with Crippen LogP contribution >= 0.6 is 7.82 Å². The van der Waals surface area contributed by atoms with Crippen LogP contribution in [0.5, 0.6) is 0 Å². The fourth-order valence-corrected chi connectivity index (χ4v) is 7.14. The van der Waals surface area contributed by atoms with Gasteiger partial charge in [-0.15, -0.1) is 0 Å². The van der Waals surface area contributed by atoms with Crippen molar-refractivity contribution in [3.8, 4) is 0 Å². The predicted molar refractivity (Wildman–Crippen MR) is 215 cm³/mol. The molecule has 0 fully saturated rings. The number of esters is 2. The summed E-state index contributed by atoms with van der Waals surface area (Å²) in [6.45, 7) is 2.41. The number of carbonyl (C=O) groups excluding carboxylic acids is 2. The number of unbranched alkanes of at least 4 members (excludes halogenated alkanes) is 28. The van der Waals surface area contributed by atoms with Gasteiger partial charge in [0, 0.05) is 12.8 Å². The Morgan fingerprint density at radius 1 is 0.491 bits per heavy atom. The van der Waals surface area contributed by atoms with Crippen LogP contribution in [0.4, 0.5) is 0 Å². The van der Waals surface area contributed by atoms with Crippen LogP contribution in [0.1, 0.15) is 219 Å². The van der Waals surface area contributed by atoms with E-state index in [4.69, 9.17) is 19.1 Å². The maximum Gasteiger partial charge on any atom is 0.472 e. The summed E-state index contributed by atoms with van der Waals surface area (Å²) in [6, 6.07) is 0. The van der Waals surface area contributed by atoms with Crippen molar-refractivity contribution < 1.29 is 47.8 Å². The molecule has 0 aromatic carbocycles. The quantitative estimate of drug-likeness (QED) is 0.0310. The first-order valence-corrected chi connectivity index (χ1v) is 23.5. The van der Waals surface area contributed by atoms with Crippen molar-refractivity contribution in [2.75, 3.05) is 26.4 Å². The van der Waals surface area contributed by atoms with Crippen LogP contribution in [0.25, 0.3) is 0 Å². The highest BCUT2D eigenvalue weighted by Crippen LogP contribution is 2.43. The number of rotatable bonds is 42. The van der Waals surface area contributed by atoms with Crippen LogP contribution in [0.2, 0.25) is 0 Å². The van der Waals surface area contributed by atoms with E-state index >= 15 is 0 Å². The van der Waals surface area contributed by atoms with Crippen LogP contribution in [-0.4, -0.2) is 65.7 Å². The van der Waals surface area contributed by atoms with Crippen molar-refractivity contribution in [3.63, 3.8) is 0 Å². The van der Waals surface area contributed by atoms with Crippen LogP contribution in [0.3, 0.4) is 0 Å². The smallest absolute Gasteiger partial charge is 0.462 e. The number of aliphatic hydroxyl groups is 2. The second-order valence-electron chi connectivity index (χ2n) is 15.1. The van der Waals surface area contributed by atoms with Crippen molar-refractivity contribution in [2.45, 2.75) is 232 Å². The van der Waals surface area contributed by atoms with E-state index in [9.17, 15) is 24.2 Å². The number of ether oxygens (including phenoxy) is 2. The summed E-state index contributed by atoms with van der Waals surface area (Å²) < 4.78 is 32.7. The van der Waals surface area contributed by atoms with E-state index in [1.807, 2.05) is 0 Å². The molecule has 11 heteroatoms. The van der Waals surface area contributed by atoms with Crippen LogP contribution in [0.15, 0.2) is 0 Å². The maximum absolute atomic E-state index is 12.6. The van der Waals surface area contributed by atoms with Crippen molar-refractivity contribution in [3.05, 3.63) is 0 Å². The molecule has 0 radical (unpaired) electrons. The van der Waals surface area contributed by atoms with Gasteiger partial charge in [-0.3, -0.25) is 18.6 Å². The van der Waals surface area contributed by atoms with E-state index < -0.39 is 51.8 Å². The summed E-state index contributed by atoms with van der Waals surface area (Å²) in [4.78, 5) is 34.9. The summed E-state index contributed by atoms with van der Waals surface area (Å²) in [5.74, 6) is -0.910. The van der Waals surface area contributed by atoms with E-state index in [0.717, 1.165) is 32.1 Å². The molecule has 0 saturated heterocycles. The lowest BCUT2D eigenvalue weighted by Gasteiger charge is -2.20. The molecule has 0 rings (SSSR count). The van der Waals surface area contributed by atoms with Crippen LogP contribution < -0.4 is 0 Å². The third kappa shape index (κ3) is 39.0. The number of carbonyl (C=O) groups is 2. The fraction of sp³-hybridized carbons (Fsp3) is 0.952. The molecule has 0 saturated carbocycles. The van der Waals surface area contributed by atoms with Gasteiger partial charge in [0.15, 0.2) is 6.10 Å². The molecular weight excluding hydrogens is 695 g/mol. The van der Waals surface area contributed by atoms with Gasteiger partial charge in [0.1, 0.15) is 12.7 Å². The second kappa shape index (κ2) is 39.2. The summed E-state index contributed by atoms with van der Waals surface area (Å²) >= 11 is 0. The van der Waals surface area contributed by atoms with E-state index in [2.05, 4.69) is 18.4 Å². The molecular formula is C42H83O10P. The Morgan fingerprint density at radius 2 is 0.811 bits per heavy atom. The molecule has 0 aliphatic heterocycles. The molecule has 0 aromatic heterocycles. The average molecular weight is 779 g/mol. The monoisotopic (exact) mass is 779 g/mol. The topological polar surface area (TPSA) is 149 Å². The Labute approximate surface area is 324 Å². The van der Waals surface area contributed by atoms with Crippen molar-refractivity contribution in [1.29, 1.82) is 0 Å². The molecule has 316 valence electrons. The molecule has 1 unspecified atom stereocenters. The van der Waals surface area contributed by atoms with Gasteiger partial charge in [-0.25, -0.2) is 4.57 Å². The summed E-state index contributed by atoms with van der Waals surface area (Å²) in [5.41, 5.74) is 0. The molecule has 0 amide bonds. The van der Waals surface area contributed by atoms with Crippen LogP contribution in [-0.2, 0) is 32.7 Å². The van der Waals surface area contributed by atoms with Crippen molar-refractivity contribution in [1.82, 2.24) is 0 Å². The average Bonchev–Trinajstić information content (AvgIpc) is 3.14. The lowest BCUT2D eigenvalue weighted by atomic mass is 10.0. The van der Waals surface area contributed by atoms with E-state index in [1.54, 1.807) is 0 Å². The molecule has 0 spiro atoms. The lowest BCUT2D eigenvalue weighted by molar-refractivity contribution is -0.161. The standard InChI is InChI=1S/C42H83O10P/c1-3-5-7-9-11-13-15-17-18-19-20-21-22-24-25-27-29-31-33-41(45)49-37-40(38-51-53(47,48)50-36-39(44)35-43)52-42(46)34-32-30-28-26-23-16-14-12-10-8-6-4-2/h39-40,43-44H,3-38H2,1-2H3,(H,47,48)/t39-,40+/m0/s1. The van der Waals surface area contributed by atoms with Gasteiger partial charge >= 0.3 is 19.8 Å². The van der Waals surface area contributed by atoms with Crippen molar-refractivity contribution in [2.24, 2.45) is 0 Å². The zero-order valence-corrected chi connectivity index (χ0v) is 35.2. The molecule has 0 aromatic rings. The molecule has 0 heterocycles. The SMILES string of the molecule is CCCCCCCCCCCCCCCCCCCCC(=O)OC[C@H](COP(=O)(O)OC[C@@H](O)CO)OC(=O)CCCCCCCCCCCCCC. The number of hydrogen-bond donors (Lipinski definition) is 3. The first-order chi connectivity index (χ1) is 25.7. The summed E-state index contributed by atoms with van der Waals surface area (Å²) in [7, 11) is -4.61. The van der Waals surface area contributed by atoms with Gasteiger partial charge in [0.2, 0.25) is 0 Å². The van der Waals surface area contributed by atoms with Gasteiger partial charge < -0.3 is 24.6 Å². The largest absolute Gasteiger partial charge is 0.472 e. The lowest BCUT2D eigenvalue weighted by Crippen LogP contribution is -2.29. The summed E-state index contributed by atoms with van der Waals surface area (Å²) in [5, 5.41) is 18.3. The Hall–Kier alpha value is -1.03. The first kappa shape index (κ1) is 52.0. The van der Waals surface area contributed by atoms with Crippen molar-refractivity contribution >= 4 is 19.8 Å². The van der Waals surface area contributed by atoms with E-state index in [0.29, 0.717) is 12.8 Å². The Kier molecular flexibility index (Phi) is 38.5. The zero-order valence-electron chi connectivity index (χ0n) is 34.3. The minimum Gasteiger partial charge on any atom is -0.462 e. The van der Waals surface area contributed by atoms with Gasteiger partial charge in [0.05, 0.1) is 19.8 Å². The summed E-state index contributed by atoms with van der Waals surface area (Å²) in [6.07, 6.45) is 35.0. The van der Waals surface area contributed by atoms with Crippen LogP contribution in [0, 0.1) is 0 Å². The molecule has 0 bridgehead atoms. The molecule has 3 atom stereocenters. The highest BCUT2D eigenvalue weighted by molar-refractivity contribution is 7.47. The first-order valence-electron chi connectivity index (χ1n) is 22.0. The third-order valence-corrected chi connectivity index (χ3v) is 10.7. The zero-order chi connectivity index (χ0) is 39.1. The molecule has 0 aliphatic carbocycles. The number of phosphoric ester groups is 1. The Balaban J connectivity index is 4.20. The van der Waals surface area contributed by atoms with Gasteiger partial charge in [-0.1, -0.05) is 194 Å². The molecule has 3 N–H and O–H groups in total. The fourth-order valence-electron chi connectivity index (χ4n) is 6.35. The Bertz CT molecular complexity index is 858. The molecule has 0 aliphatic rings. The Morgan fingerprint density at radius 3 is 1.17 bits per heavy atom. The van der Waals surface area contributed by atoms with E-state index in [-0.39, 0.29) is 19.4 Å². The minimum atomic E-state index is -4.61. The van der Waals surface area contributed by atoms with Gasteiger partial charge in [0.25, 0.3) is 0 Å². The van der Waals surface area contributed by atoms with Gasteiger partial charge in [-0.05, 0) is 12.8 Å². The third-order valence-electron chi connectivity index (χ3n) is 9.76. The predicted octanol–water partition coefficient (Wildman–Crippen LogP) is 11.5. The number of hydrogen-bond acceptors (Lipinski definition) is 9. The normalized spacial score (nSPS) is 13.8. The second-order valence-corrected chi connectivity index (χ2v) is 16.5.